The molecule has 0 amide bonds. The van der Waals surface area contributed by atoms with Crippen molar-refractivity contribution < 1.29 is 23.0 Å². The van der Waals surface area contributed by atoms with Crippen molar-refractivity contribution in [1.29, 1.82) is 0 Å². The van der Waals surface area contributed by atoms with Gasteiger partial charge in [0.1, 0.15) is 0 Å². The van der Waals surface area contributed by atoms with Crippen LogP contribution in [0.5, 0.6) is 0 Å². The molecule has 0 bridgehead atoms. The molecule has 0 radical (unpaired) electrons. The van der Waals surface area contributed by atoms with Crippen LogP contribution in [0.3, 0.4) is 0 Å². The molecular weight excluding hydrogens is 326 g/mol. The first-order valence-electron chi connectivity index (χ1n) is 9.19. The van der Waals surface area contributed by atoms with Crippen molar-refractivity contribution in [2.45, 2.75) is 107 Å². The second-order valence-corrected chi connectivity index (χ2v) is 11.1. The summed E-state index contributed by atoms with van der Waals surface area (Å²) >= 11 is 0. The third-order valence-electron chi connectivity index (χ3n) is 4.30. The van der Waals surface area contributed by atoms with Gasteiger partial charge in [0.2, 0.25) is 0 Å². The Morgan fingerprint density at radius 1 is 0.840 bits per heavy atom. The molecule has 0 rings (SSSR count). The summed E-state index contributed by atoms with van der Waals surface area (Å²) in [5.41, 5.74) is 0.747. The molecule has 0 aromatic rings. The van der Waals surface area contributed by atoms with Crippen molar-refractivity contribution in [1.82, 2.24) is 9.13 Å². The first-order chi connectivity index (χ1) is 10.7. The molecule has 7 heteroatoms. The Bertz CT molecular complexity index is 384. The van der Waals surface area contributed by atoms with Crippen LogP contribution in [0.2, 0.25) is 0 Å². The Kier molecular flexibility index (Phi) is 11.4. The molecule has 144 valence electrons. The van der Waals surface area contributed by atoms with Gasteiger partial charge in [0, 0.05) is 0 Å². The third-order valence-corrected chi connectivity index (χ3v) is 8.03. The second kappa shape index (κ2) is 10.5. The molecule has 4 nitrogen and oxygen atoms in total. The molecule has 0 heterocycles. The predicted octanol–water partition coefficient (Wildman–Crippen LogP) is 2.43. The van der Waals surface area contributed by atoms with Gasteiger partial charge >= 0.3 is 27.8 Å². The maximum atomic E-state index is 16.6. The van der Waals surface area contributed by atoms with Gasteiger partial charge in [-0.1, -0.05) is 76.2 Å². The number of halogens is 1. The van der Waals surface area contributed by atoms with Gasteiger partial charge in [-0.05, 0) is 42.2 Å². The van der Waals surface area contributed by atoms with Gasteiger partial charge in [-0.2, -0.15) is 0 Å². The number of rotatable bonds is 8. The van der Waals surface area contributed by atoms with Crippen LogP contribution in [0.25, 0.3) is 5.09 Å². The fourth-order valence-corrected chi connectivity index (χ4v) is 6.41. The van der Waals surface area contributed by atoms with Crippen molar-refractivity contribution >= 4 is 14.6 Å². The summed E-state index contributed by atoms with van der Waals surface area (Å²) < 4.78 is 20.5. The quantitative estimate of drug-likeness (QED) is 0.286. The van der Waals surface area contributed by atoms with E-state index in [1.807, 2.05) is 71.4 Å². The van der Waals surface area contributed by atoms with Crippen LogP contribution in [0.15, 0.2) is 5.10 Å². The summed E-state index contributed by atoms with van der Waals surface area (Å²) in [5.74, 6) is 0. The minimum Gasteiger partial charge on any atom is -0.554 e. The largest absolute Gasteiger partial charge is 1.00 e. The average molecular weight is 367 g/mol. The summed E-state index contributed by atoms with van der Waals surface area (Å²) in [4.78, 5) is 0. The Balaban J connectivity index is 0. The minimum atomic E-state index is -3.80. The van der Waals surface area contributed by atoms with Crippen LogP contribution >= 0.6 is 0 Å². The SMILES string of the molecule is C/C(=N\[N-][Si](F)(N(C(C)C)C(C)C)N(C(C)C)C(C)C)C(C)(C)C.[Li+]. The molecule has 0 aliphatic heterocycles. The normalized spacial score (nSPS) is 14.3. The number of hydrogen-bond donors (Lipinski definition) is 0. The molecule has 0 fully saturated rings. The number of nitrogens with zero attached hydrogens (tertiary/aromatic N) is 4. The van der Waals surface area contributed by atoms with Crippen molar-refractivity contribution in [2.24, 2.45) is 10.5 Å². The van der Waals surface area contributed by atoms with E-state index >= 15 is 4.11 Å². The number of hydrogen-bond acceptors (Lipinski definition) is 3. The van der Waals surface area contributed by atoms with E-state index in [1.165, 1.54) is 0 Å². The topological polar surface area (TPSA) is 32.9 Å². The molecule has 0 aliphatic carbocycles. The molecule has 0 aliphatic rings. The van der Waals surface area contributed by atoms with Crippen molar-refractivity contribution in [3.63, 3.8) is 0 Å². The van der Waals surface area contributed by atoms with Crippen LogP contribution < -0.4 is 18.9 Å². The second-order valence-electron chi connectivity index (χ2n) is 8.78. The summed E-state index contributed by atoms with van der Waals surface area (Å²) in [6.45, 7) is 24.5. The molecular formula is C18H40FLiN4Si. The minimum absolute atomic E-state index is 0. The molecule has 0 atom stereocenters. The van der Waals surface area contributed by atoms with E-state index in [2.05, 4.69) is 31.0 Å². The van der Waals surface area contributed by atoms with Crippen LogP contribution in [-0.2, 0) is 0 Å². The van der Waals surface area contributed by atoms with Gasteiger partial charge in [0.05, 0.1) is 0 Å². The summed E-state index contributed by atoms with van der Waals surface area (Å²) in [6.07, 6.45) is 0. The van der Waals surface area contributed by atoms with Crippen molar-refractivity contribution in [3.05, 3.63) is 5.09 Å². The Morgan fingerprint density at radius 3 is 1.32 bits per heavy atom. The fourth-order valence-electron chi connectivity index (χ4n) is 3.03. The molecule has 0 unspecified atom stereocenters. The van der Waals surface area contributed by atoms with E-state index in [0.29, 0.717) is 0 Å². The maximum absolute atomic E-state index is 16.6. The average Bonchev–Trinajstić information content (AvgIpc) is 2.32. The zero-order valence-corrected chi connectivity index (χ0v) is 20.0. The molecule has 0 spiro atoms. The van der Waals surface area contributed by atoms with Crippen LogP contribution in [0.4, 0.5) is 4.11 Å². The Hall–Kier alpha value is 0.134. The predicted molar refractivity (Wildman–Crippen MR) is 107 cm³/mol. The van der Waals surface area contributed by atoms with E-state index in [0.717, 1.165) is 5.71 Å². The van der Waals surface area contributed by atoms with Crippen molar-refractivity contribution in [3.8, 4) is 0 Å². The van der Waals surface area contributed by atoms with Gasteiger partial charge in [-0.15, -0.1) is 0 Å². The standard InChI is InChI=1S/C18H40FN4Si.Li/c1-13(2)22(14(3)4)24(19,23(15(5)6)16(7)8)21-20-17(9)18(10,11)12;/h13-16H,1-12H3;/q-1;+1/b20-17+;. The summed E-state index contributed by atoms with van der Waals surface area (Å²) in [7, 11) is -3.80. The smallest absolute Gasteiger partial charge is 0.554 e. The zero-order chi connectivity index (χ0) is 19.5. The summed E-state index contributed by atoms with van der Waals surface area (Å²) in [6, 6.07) is 0.261. The summed E-state index contributed by atoms with van der Waals surface area (Å²) in [5, 5.41) is 8.80. The molecule has 0 saturated heterocycles. The molecule has 0 N–H and O–H groups in total. The van der Waals surface area contributed by atoms with Crippen LogP contribution in [0.1, 0.15) is 83.1 Å². The van der Waals surface area contributed by atoms with Crippen LogP contribution in [0, 0.1) is 5.41 Å². The van der Waals surface area contributed by atoms with E-state index in [9.17, 15) is 0 Å². The maximum Gasteiger partial charge on any atom is 1.00 e. The first-order valence-corrected chi connectivity index (χ1v) is 10.9. The molecule has 0 saturated carbocycles. The van der Waals surface area contributed by atoms with Crippen molar-refractivity contribution in [2.75, 3.05) is 0 Å². The van der Waals surface area contributed by atoms with Gasteiger partial charge in [-0.3, -0.25) is 13.2 Å². The van der Waals surface area contributed by atoms with Gasteiger partial charge < -0.3 is 10.2 Å². The van der Waals surface area contributed by atoms with E-state index in [1.54, 1.807) is 0 Å². The van der Waals surface area contributed by atoms with Gasteiger partial charge in [0.15, 0.2) is 0 Å². The Labute approximate surface area is 169 Å². The monoisotopic (exact) mass is 366 g/mol. The van der Waals surface area contributed by atoms with E-state index < -0.39 is 8.89 Å². The third kappa shape index (κ3) is 7.34. The van der Waals surface area contributed by atoms with Gasteiger partial charge in [-0.25, -0.2) is 0 Å². The zero-order valence-electron chi connectivity index (χ0n) is 19.0. The van der Waals surface area contributed by atoms with Crippen LogP contribution in [-0.4, -0.2) is 47.9 Å². The molecule has 0 aromatic heterocycles. The Morgan fingerprint density at radius 2 is 1.12 bits per heavy atom. The molecule has 0 aromatic carbocycles. The fraction of sp³-hybridized carbons (Fsp3) is 0.944. The molecule has 25 heavy (non-hydrogen) atoms. The van der Waals surface area contributed by atoms with E-state index in [-0.39, 0.29) is 48.4 Å². The van der Waals surface area contributed by atoms with E-state index in [4.69, 9.17) is 0 Å². The first kappa shape index (κ1) is 27.4. The van der Waals surface area contributed by atoms with Gasteiger partial charge in [0.25, 0.3) is 0 Å².